The van der Waals surface area contributed by atoms with Gasteiger partial charge in [0.15, 0.2) is 0 Å². The maximum atomic E-state index is 11.2. The maximum absolute atomic E-state index is 11.2. The molecule has 0 saturated heterocycles. The first-order chi connectivity index (χ1) is 9.10. The van der Waals surface area contributed by atoms with Crippen LogP contribution in [-0.4, -0.2) is 19.4 Å². The first kappa shape index (κ1) is 13.9. The van der Waals surface area contributed by atoms with E-state index < -0.39 is 0 Å². The van der Waals surface area contributed by atoms with E-state index in [4.69, 9.17) is 4.74 Å². The molecule has 0 amide bonds. The minimum atomic E-state index is 0.424. The third-order valence-electron chi connectivity index (χ3n) is 3.99. The van der Waals surface area contributed by atoms with Crippen LogP contribution in [0, 0.1) is 19.8 Å². The van der Waals surface area contributed by atoms with Gasteiger partial charge in [0, 0.05) is 25.1 Å². The van der Waals surface area contributed by atoms with Crippen LogP contribution >= 0.6 is 0 Å². The van der Waals surface area contributed by atoms with Crippen LogP contribution < -0.4 is 10.1 Å². The highest BCUT2D eigenvalue weighted by Crippen LogP contribution is 2.27. The lowest BCUT2D eigenvalue weighted by Gasteiger charge is -2.22. The number of ketones is 1. The number of benzene rings is 1. The van der Waals surface area contributed by atoms with Gasteiger partial charge in [0.1, 0.15) is 11.5 Å². The second-order valence-electron chi connectivity index (χ2n) is 5.50. The van der Waals surface area contributed by atoms with Gasteiger partial charge in [-0.15, -0.1) is 0 Å². The van der Waals surface area contributed by atoms with Crippen LogP contribution in [0.1, 0.15) is 36.8 Å². The zero-order chi connectivity index (χ0) is 13.8. The van der Waals surface area contributed by atoms with Crippen LogP contribution in [-0.2, 0) is 4.79 Å². The summed E-state index contributed by atoms with van der Waals surface area (Å²) in [7, 11) is 1.70. The average Bonchev–Trinajstić information content (AvgIpc) is 2.41. The Bertz CT molecular complexity index is 458. The van der Waals surface area contributed by atoms with Crippen LogP contribution in [0.25, 0.3) is 0 Å². The molecule has 104 valence electrons. The summed E-state index contributed by atoms with van der Waals surface area (Å²) < 4.78 is 5.32. The Morgan fingerprint density at radius 3 is 2.53 bits per heavy atom. The number of nitrogens with one attached hydrogen (secondary N) is 1. The number of carbonyl (C=O) groups excluding carboxylic acids is 1. The van der Waals surface area contributed by atoms with E-state index in [9.17, 15) is 4.79 Å². The third-order valence-corrected chi connectivity index (χ3v) is 3.99. The fraction of sp³-hybridized carbons (Fsp3) is 0.562. The Hall–Kier alpha value is -1.51. The number of aryl methyl sites for hydroxylation is 2. The number of hydrogen-bond donors (Lipinski definition) is 1. The van der Waals surface area contributed by atoms with Gasteiger partial charge >= 0.3 is 0 Å². The second kappa shape index (κ2) is 6.09. The molecular weight excluding hydrogens is 238 g/mol. The van der Waals surface area contributed by atoms with E-state index in [1.807, 2.05) is 0 Å². The molecule has 0 aromatic heterocycles. The molecule has 19 heavy (non-hydrogen) atoms. The second-order valence-corrected chi connectivity index (χ2v) is 5.50. The van der Waals surface area contributed by atoms with Gasteiger partial charge in [-0.3, -0.25) is 4.79 Å². The van der Waals surface area contributed by atoms with Crippen LogP contribution in [0.4, 0.5) is 5.69 Å². The third kappa shape index (κ3) is 3.49. The molecule has 1 aromatic rings. The Kier molecular flexibility index (Phi) is 4.46. The van der Waals surface area contributed by atoms with Gasteiger partial charge in [0.05, 0.1) is 7.11 Å². The fourth-order valence-electron chi connectivity index (χ4n) is 2.66. The van der Waals surface area contributed by atoms with Crippen molar-refractivity contribution in [2.75, 3.05) is 19.0 Å². The van der Waals surface area contributed by atoms with Crippen molar-refractivity contribution in [3.8, 4) is 5.75 Å². The Labute approximate surface area is 115 Å². The van der Waals surface area contributed by atoms with E-state index in [2.05, 4.69) is 31.3 Å². The van der Waals surface area contributed by atoms with Crippen molar-refractivity contribution in [1.82, 2.24) is 0 Å². The predicted molar refractivity (Wildman–Crippen MR) is 77.9 cm³/mol. The minimum Gasteiger partial charge on any atom is -0.496 e. The van der Waals surface area contributed by atoms with Gasteiger partial charge in [-0.25, -0.2) is 0 Å². The Morgan fingerprint density at radius 2 is 1.89 bits per heavy atom. The molecule has 1 saturated carbocycles. The molecule has 0 unspecified atom stereocenters. The Balaban J connectivity index is 1.96. The van der Waals surface area contributed by atoms with Crippen LogP contribution in [0.2, 0.25) is 0 Å². The molecule has 0 spiro atoms. The van der Waals surface area contributed by atoms with Crippen molar-refractivity contribution in [2.45, 2.75) is 39.5 Å². The van der Waals surface area contributed by atoms with Crippen LogP contribution in [0.15, 0.2) is 12.1 Å². The van der Waals surface area contributed by atoms with Gasteiger partial charge in [0.2, 0.25) is 0 Å². The summed E-state index contributed by atoms with van der Waals surface area (Å²) in [5.41, 5.74) is 3.53. The van der Waals surface area contributed by atoms with Crippen molar-refractivity contribution in [3.05, 3.63) is 23.3 Å². The maximum Gasteiger partial charge on any atom is 0.132 e. The summed E-state index contributed by atoms with van der Waals surface area (Å²) in [6.45, 7) is 5.11. The normalized spacial score (nSPS) is 16.5. The first-order valence-electron chi connectivity index (χ1n) is 7.01. The molecule has 2 rings (SSSR count). The van der Waals surface area contributed by atoms with Gasteiger partial charge < -0.3 is 10.1 Å². The molecule has 1 N–H and O–H groups in total. The van der Waals surface area contributed by atoms with Gasteiger partial charge in [0.25, 0.3) is 0 Å². The van der Waals surface area contributed by atoms with E-state index >= 15 is 0 Å². The van der Waals surface area contributed by atoms with Crippen molar-refractivity contribution >= 4 is 11.5 Å². The van der Waals surface area contributed by atoms with E-state index in [1.165, 1.54) is 11.3 Å². The largest absolute Gasteiger partial charge is 0.496 e. The minimum absolute atomic E-state index is 0.424. The monoisotopic (exact) mass is 261 g/mol. The quantitative estimate of drug-likeness (QED) is 0.901. The summed E-state index contributed by atoms with van der Waals surface area (Å²) in [5, 5.41) is 3.52. The molecule has 0 heterocycles. The van der Waals surface area contributed by atoms with E-state index in [1.54, 1.807) is 7.11 Å². The number of methoxy groups -OCH3 is 1. The first-order valence-corrected chi connectivity index (χ1v) is 7.01. The predicted octanol–water partition coefficient (Wildman–Crippen LogP) is 3.48. The van der Waals surface area contributed by atoms with Crippen molar-refractivity contribution < 1.29 is 9.53 Å². The molecule has 0 aliphatic heterocycles. The zero-order valence-electron chi connectivity index (χ0n) is 12.1. The van der Waals surface area contributed by atoms with Crippen molar-refractivity contribution in [3.63, 3.8) is 0 Å². The molecular formula is C16H23NO2. The molecule has 0 bridgehead atoms. The highest BCUT2D eigenvalue weighted by Gasteiger charge is 2.18. The van der Waals surface area contributed by atoms with E-state index in [-0.39, 0.29) is 0 Å². The number of carbonyl (C=O) groups is 1. The molecule has 1 aromatic carbocycles. The fourth-order valence-corrected chi connectivity index (χ4v) is 2.66. The van der Waals surface area contributed by atoms with Gasteiger partial charge in [-0.1, -0.05) is 0 Å². The molecule has 3 heteroatoms. The SMILES string of the molecule is COc1cc(C)c(NCC2CCC(=O)CC2)cc1C. The Morgan fingerprint density at radius 1 is 1.21 bits per heavy atom. The van der Waals surface area contributed by atoms with Crippen molar-refractivity contribution in [1.29, 1.82) is 0 Å². The summed E-state index contributed by atoms with van der Waals surface area (Å²) in [6, 6.07) is 4.21. The summed E-state index contributed by atoms with van der Waals surface area (Å²) in [6.07, 6.45) is 3.57. The lowest BCUT2D eigenvalue weighted by Crippen LogP contribution is -2.21. The lowest BCUT2D eigenvalue weighted by atomic mass is 9.88. The standard InChI is InChI=1S/C16H23NO2/c1-11-9-16(19-3)12(2)8-15(11)17-10-13-4-6-14(18)7-5-13/h8-9,13,17H,4-7,10H2,1-3H3. The van der Waals surface area contributed by atoms with E-state index in [0.29, 0.717) is 11.7 Å². The lowest BCUT2D eigenvalue weighted by molar-refractivity contribution is -0.120. The number of Topliss-reactive ketones (excluding diaryl/α,β-unsaturated/α-hetero) is 1. The smallest absolute Gasteiger partial charge is 0.132 e. The molecule has 0 radical (unpaired) electrons. The van der Waals surface area contributed by atoms with Gasteiger partial charge in [-0.05, 0) is 55.9 Å². The summed E-state index contributed by atoms with van der Waals surface area (Å²) in [4.78, 5) is 11.2. The van der Waals surface area contributed by atoms with Crippen molar-refractivity contribution in [2.24, 2.45) is 5.92 Å². The van der Waals surface area contributed by atoms with Gasteiger partial charge in [-0.2, -0.15) is 0 Å². The highest BCUT2D eigenvalue weighted by atomic mass is 16.5. The number of rotatable bonds is 4. The molecule has 1 fully saturated rings. The zero-order valence-corrected chi connectivity index (χ0v) is 12.1. The molecule has 0 atom stereocenters. The highest BCUT2D eigenvalue weighted by molar-refractivity contribution is 5.79. The summed E-state index contributed by atoms with van der Waals surface area (Å²) in [5.74, 6) is 1.98. The number of anilines is 1. The number of ether oxygens (including phenoxy) is 1. The molecule has 1 aliphatic rings. The van der Waals surface area contributed by atoms with Crippen LogP contribution in [0.5, 0.6) is 5.75 Å². The number of hydrogen-bond acceptors (Lipinski definition) is 3. The molecule has 3 nitrogen and oxygen atoms in total. The summed E-state index contributed by atoms with van der Waals surface area (Å²) >= 11 is 0. The van der Waals surface area contributed by atoms with E-state index in [0.717, 1.165) is 43.5 Å². The average molecular weight is 261 g/mol. The molecule has 1 aliphatic carbocycles. The van der Waals surface area contributed by atoms with Crippen LogP contribution in [0.3, 0.4) is 0 Å². The topological polar surface area (TPSA) is 38.3 Å².